The van der Waals surface area contributed by atoms with Gasteiger partial charge in [-0.2, -0.15) is 0 Å². The third kappa shape index (κ3) is 3.17. The molecule has 2 rings (SSSR count). The van der Waals surface area contributed by atoms with Gasteiger partial charge in [-0.15, -0.1) is 0 Å². The molecule has 0 aliphatic carbocycles. The number of imidazole rings is 1. The highest BCUT2D eigenvalue weighted by molar-refractivity contribution is 5.78. The first kappa shape index (κ1) is 11.4. The molecule has 4 nitrogen and oxygen atoms in total. The average Bonchev–Trinajstić information content (AvgIpc) is 2.82. The lowest BCUT2D eigenvalue weighted by atomic mass is 10.1. The Bertz CT molecular complexity index is 491. The molecule has 88 valence electrons. The van der Waals surface area contributed by atoms with Gasteiger partial charge in [0.1, 0.15) is 0 Å². The normalized spacial score (nSPS) is 10.2. The van der Waals surface area contributed by atoms with Crippen LogP contribution in [0.2, 0.25) is 0 Å². The third-order valence-electron chi connectivity index (χ3n) is 2.64. The zero-order valence-corrected chi connectivity index (χ0v) is 9.73. The van der Waals surface area contributed by atoms with Crippen molar-refractivity contribution in [2.24, 2.45) is 0 Å². The van der Waals surface area contributed by atoms with Gasteiger partial charge in [0.2, 0.25) is 5.91 Å². The summed E-state index contributed by atoms with van der Waals surface area (Å²) in [4.78, 5) is 18.5. The highest BCUT2D eigenvalue weighted by atomic mass is 16.1. The fourth-order valence-electron chi connectivity index (χ4n) is 1.62. The van der Waals surface area contributed by atoms with Gasteiger partial charge in [0, 0.05) is 6.20 Å². The lowest BCUT2D eigenvalue weighted by Crippen LogP contribution is -2.24. The summed E-state index contributed by atoms with van der Waals surface area (Å²) in [7, 11) is 0. The molecule has 0 unspecified atom stereocenters. The zero-order chi connectivity index (χ0) is 12.1. The minimum Gasteiger partial charge on any atom is -0.350 e. The van der Waals surface area contributed by atoms with Gasteiger partial charge in [0.25, 0.3) is 0 Å². The number of aromatic amines is 1. The fraction of sp³-hybridized carbons (Fsp3) is 0.231. The van der Waals surface area contributed by atoms with Crippen LogP contribution in [0.5, 0.6) is 0 Å². The van der Waals surface area contributed by atoms with Gasteiger partial charge in [-0.1, -0.05) is 24.3 Å². The molecule has 2 aromatic rings. The minimum absolute atomic E-state index is 0.0221. The van der Waals surface area contributed by atoms with Gasteiger partial charge in [-0.05, 0) is 18.1 Å². The molecule has 1 heterocycles. The first-order chi connectivity index (χ1) is 8.25. The summed E-state index contributed by atoms with van der Waals surface area (Å²) in [5.41, 5.74) is 3.11. The molecule has 4 heteroatoms. The second-order valence-corrected chi connectivity index (χ2v) is 3.96. The first-order valence-electron chi connectivity index (χ1n) is 5.54. The van der Waals surface area contributed by atoms with Crippen molar-refractivity contribution in [2.45, 2.75) is 19.9 Å². The van der Waals surface area contributed by atoms with E-state index in [4.69, 9.17) is 0 Å². The van der Waals surface area contributed by atoms with Gasteiger partial charge in [-0.25, -0.2) is 4.98 Å². The molecule has 0 fully saturated rings. The van der Waals surface area contributed by atoms with Crippen LogP contribution in [0.3, 0.4) is 0 Å². The van der Waals surface area contributed by atoms with Crippen molar-refractivity contribution in [3.05, 3.63) is 53.6 Å². The Hall–Kier alpha value is -2.10. The Labute approximate surface area is 100 Å². The summed E-state index contributed by atoms with van der Waals surface area (Å²) < 4.78 is 0. The van der Waals surface area contributed by atoms with Crippen LogP contribution in [0.4, 0.5) is 0 Å². The van der Waals surface area contributed by atoms with Crippen molar-refractivity contribution in [3.63, 3.8) is 0 Å². The number of rotatable bonds is 4. The van der Waals surface area contributed by atoms with Crippen LogP contribution >= 0.6 is 0 Å². The van der Waals surface area contributed by atoms with Gasteiger partial charge < -0.3 is 10.3 Å². The van der Waals surface area contributed by atoms with Crippen LogP contribution in [-0.2, 0) is 17.8 Å². The van der Waals surface area contributed by atoms with E-state index in [1.54, 1.807) is 12.5 Å². The number of carbonyl (C=O) groups excluding carboxylic acids is 1. The van der Waals surface area contributed by atoms with Crippen molar-refractivity contribution in [1.29, 1.82) is 0 Å². The summed E-state index contributed by atoms with van der Waals surface area (Å²) >= 11 is 0. The van der Waals surface area contributed by atoms with Crippen molar-refractivity contribution in [3.8, 4) is 0 Å². The molecule has 0 radical (unpaired) electrons. The molecule has 0 saturated carbocycles. The van der Waals surface area contributed by atoms with Gasteiger partial charge in [-0.3, -0.25) is 4.79 Å². The molecule has 1 amide bonds. The van der Waals surface area contributed by atoms with E-state index in [1.807, 2.05) is 31.2 Å². The molecule has 17 heavy (non-hydrogen) atoms. The second kappa shape index (κ2) is 5.30. The van der Waals surface area contributed by atoms with E-state index in [9.17, 15) is 4.79 Å². The van der Waals surface area contributed by atoms with E-state index < -0.39 is 0 Å². The maximum absolute atomic E-state index is 11.7. The zero-order valence-electron chi connectivity index (χ0n) is 9.73. The van der Waals surface area contributed by atoms with E-state index in [2.05, 4.69) is 15.3 Å². The number of aryl methyl sites for hydroxylation is 1. The van der Waals surface area contributed by atoms with Gasteiger partial charge in [0.15, 0.2) is 0 Å². The van der Waals surface area contributed by atoms with Gasteiger partial charge >= 0.3 is 0 Å². The van der Waals surface area contributed by atoms with Crippen molar-refractivity contribution >= 4 is 5.91 Å². The molecular weight excluding hydrogens is 214 g/mol. The number of hydrogen-bond acceptors (Lipinski definition) is 2. The Balaban J connectivity index is 1.87. The predicted molar refractivity (Wildman–Crippen MR) is 65.3 cm³/mol. The molecule has 0 spiro atoms. The van der Waals surface area contributed by atoms with E-state index in [1.165, 1.54) is 0 Å². The fourth-order valence-corrected chi connectivity index (χ4v) is 1.62. The number of hydrogen-bond donors (Lipinski definition) is 2. The third-order valence-corrected chi connectivity index (χ3v) is 2.64. The molecule has 2 N–H and O–H groups in total. The number of benzene rings is 1. The second-order valence-electron chi connectivity index (χ2n) is 3.96. The minimum atomic E-state index is 0.0221. The Morgan fingerprint density at radius 3 is 2.94 bits per heavy atom. The lowest BCUT2D eigenvalue weighted by molar-refractivity contribution is -0.120. The Morgan fingerprint density at radius 2 is 2.24 bits per heavy atom. The number of nitrogens with zero attached hydrogens (tertiary/aromatic N) is 1. The van der Waals surface area contributed by atoms with E-state index in [-0.39, 0.29) is 5.91 Å². The van der Waals surface area contributed by atoms with Crippen molar-refractivity contribution in [1.82, 2.24) is 15.3 Å². The maximum atomic E-state index is 11.7. The molecule has 0 aliphatic rings. The summed E-state index contributed by atoms with van der Waals surface area (Å²) in [5.74, 6) is 0.0221. The monoisotopic (exact) mass is 229 g/mol. The molecule has 0 bridgehead atoms. The molecular formula is C13H15N3O. The first-order valence-corrected chi connectivity index (χ1v) is 5.54. The maximum Gasteiger partial charge on any atom is 0.224 e. The van der Waals surface area contributed by atoms with Crippen molar-refractivity contribution in [2.75, 3.05) is 0 Å². The molecule has 1 aromatic heterocycles. The van der Waals surface area contributed by atoms with Crippen LogP contribution < -0.4 is 5.32 Å². The van der Waals surface area contributed by atoms with E-state index >= 15 is 0 Å². The molecule has 0 aliphatic heterocycles. The number of nitrogens with one attached hydrogen (secondary N) is 2. The van der Waals surface area contributed by atoms with Crippen molar-refractivity contribution < 1.29 is 4.79 Å². The SMILES string of the molecule is Cc1ccccc1CC(=O)NCc1cnc[nH]1. The van der Waals surface area contributed by atoms with Crippen LogP contribution in [-0.4, -0.2) is 15.9 Å². The Kier molecular flexibility index (Phi) is 3.55. The quantitative estimate of drug-likeness (QED) is 0.836. The van der Waals surface area contributed by atoms with Crippen LogP contribution in [0.1, 0.15) is 16.8 Å². The highest BCUT2D eigenvalue weighted by Crippen LogP contribution is 2.07. The highest BCUT2D eigenvalue weighted by Gasteiger charge is 2.05. The topological polar surface area (TPSA) is 57.8 Å². The van der Waals surface area contributed by atoms with Crippen LogP contribution in [0.15, 0.2) is 36.8 Å². The smallest absolute Gasteiger partial charge is 0.224 e. The molecule has 0 atom stereocenters. The molecule has 1 aromatic carbocycles. The summed E-state index contributed by atoms with van der Waals surface area (Å²) in [5, 5.41) is 2.85. The predicted octanol–water partition coefficient (Wildman–Crippen LogP) is 1.58. The van der Waals surface area contributed by atoms with Crippen LogP contribution in [0.25, 0.3) is 0 Å². The average molecular weight is 229 g/mol. The Morgan fingerprint density at radius 1 is 1.41 bits per heavy atom. The van der Waals surface area contributed by atoms with Crippen LogP contribution in [0, 0.1) is 6.92 Å². The summed E-state index contributed by atoms with van der Waals surface area (Å²) in [6, 6.07) is 7.91. The molecule has 0 saturated heterocycles. The number of carbonyl (C=O) groups is 1. The summed E-state index contributed by atoms with van der Waals surface area (Å²) in [6.07, 6.45) is 3.72. The van der Waals surface area contributed by atoms with E-state index in [0.29, 0.717) is 13.0 Å². The standard InChI is InChI=1S/C13H15N3O/c1-10-4-2-3-5-11(10)6-13(17)15-8-12-7-14-9-16-12/h2-5,7,9H,6,8H2,1H3,(H,14,16)(H,15,17). The van der Waals surface area contributed by atoms with E-state index in [0.717, 1.165) is 16.8 Å². The number of H-pyrrole nitrogens is 1. The van der Waals surface area contributed by atoms with Gasteiger partial charge in [0.05, 0.1) is 25.0 Å². The summed E-state index contributed by atoms with van der Waals surface area (Å²) in [6.45, 7) is 2.50. The largest absolute Gasteiger partial charge is 0.350 e. The number of amides is 1. The lowest BCUT2D eigenvalue weighted by Gasteiger charge is -2.06. The number of aromatic nitrogens is 2.